The summed E-state index contributed by atoms with van der Waals surface area (Å²) in [6.45, 7) is 0. The third-order valence-corrected chi connectivity index (χ3v) is 2.52. The molecule has 0 atom stereocenters. The fourth-order valence-electron chi connectivity index (χ4n) is 1.14. The highest BCUT2D eigenvalue weighted by atomic mass is 79.9. The van der Waals surface area contributed by atoms with Crippen molar-refractivity contribution < 1.29 is 18.7 Å². The van der Waals surface area contributed by atoms with Crippen LogP contribution >= 0.6 is 15.9 Å². The Morgan fingerprint density at radius 2 is 2.13 bits per heavy atom. The van der Waals surface area contributed by atoms with Crippen molar-refractivity contribution in [2.45, 2.75) is 5.33 Å². The lowest BCUT2D eigenvalue weighted by Crippen LogP contribution is -2.06. The molecule has 0 bridgehead atoms. The van der Waals surface area contributed by atoms with Crippen LogP contribution in [0.2, 0.25) is 0 Å². The van der Waals surface area contributed by atoms with Gasteiger partial charge in [0.25, 0.3) is 0 Å². The number of hydrogen-bond donors (Lipinski definition) is 0. The van der Waals surface area contributed by atoms with Crippen LogP contribution in [-0.4, -0.2) is 20.2 Å². The van der Waals surface area contributed by atoms with Crippen LogP contribution in [0.5, 0.6) is 5.75 Å². The standard InChI is InChI=1S/C10H10BrFO3/c1-14-9-3-6(5-11)8(12)4-7(9)10(13)15-2/h3-4H,5H2,1-2H3. The number of carbonyl (C=O) groups excluding carboxylic acids is 1. The molecule has 1 aromatic rings. The number of rotatable bonds is 3. The van der Waals surface area contributed by atoms with Gasteiger partial charge in [0.05, 0.1) is 14.2 Å². The minimum absolute atomic E-state index is 0.0854. The summed E-state index contributed by atoms with van der Waals surface area (Å²) in [5, 5.41) is 0.358. The summed E-state index contributed by atoms with van der Waals surface area (Å²) in [6, 6.07) is 2.58. The summed E-state index contributed by atoms with van der Waals surface area (Å²) in [6.07, 6.45) is 0. The van der Waals surface area contributed by atoms with Gasteiger partial charge in [-0.15, -0.1) is 0 Å². The van der Waals surface area contributed by atoms with Gasteiger partial charge in [0.1, 0.15) is 17.1 Å². The Morgan fingerprint density at radius 3 is 2.60 bits per heavy atom. The second-order valence-corrected chi connectivity index (χ2v) is 3.33. The monoisotopic (exact) mass is 276 g/mol. The van der Waals surface area contributed by atoms with E-state index in [-0.39, 0.29) is 5.56 Å². The Bertz CT molecular complexity index is 379. The molecule has 0 spiro atoms. The van der Waals surface area contributed by atoms with E-state index in [9.17, 15) is 9.18 Å². The van der Waals surface area contributed by atoms with Crippen molar-refractivity contribution in [3.8, 4) is 5.75 Å². The van der Waals surface area contributed by atoms with Crippen LogP contribution in [0.1, 0.15) is 15.9 Å². The highest BCUT2D eigenvalue weighted by molar-refractivity contribution is 9.08. The molecule has 1 rings (SSSR count). The van der Waals surface area contributed by atoms with Crippen molar-refractivity contribution >= 4 is 21.9 Å². The van der Waals surface area contributed by atoms with E-state index < -0.39 is 11.8 Å². The number of carbonyl (C=O) groups is 1. The van der Waals surface area contributed by atoms with Gasteiger partial charge < -0.3 is 9.47 Å². The van der Waals surface area contributed by atoms with Crippen LogP contribution in [0.15, 0.2) is 12.1 Å². The Labute approximate surface area is 95.3 Å². The van der Waals surface area contributed by atoms with Gasteiger partial charge in [0, 0.05) is 10.9 Å². The molecule has 0 saturated heterocycles. The van der Waals surface area contributed by atoms with Gasteiger partial charge in [0.15, 0.2) is 0 Å². The minimum atomic E-state index is -0.619. The molecule has 5 heteroatoms. The Morgan fingerprint density at radius 1 is 1.47 bits per heavy atom. The van der Waals surface area contributed by atoms with Gasteiger partial charge in [0.2, 0.25) is 0 Å². The zero-order chi connectivity index (χ0) is 11.4. The first-order chi connectivity index (χ1) is 7.13. The highest BCUT2D eigenvalue weighted by Gasteiger charge is 2.16. The quantitative estimate of drug-likeness (QED) is 0.629. The van der Waals surface area contributed by atoms with E-state index in [0.717, 1.165) is 6.07 Å². The first-order valence-electron chi connectivity index (χ1n) is 4.14. The Kier molecular flexibility index (Phi) is 4.08. The van der Waals surface area contributed by atoms with E-state index in [0.29, 0.717) is 16.6 Å². The van der Waals surface area contributed by atoms with Crippen LogP contribution in [0.3, 0.4) is 0 Å². The first-order valence-corrected chi connectivity index (χ1v) is 5.26. The van der Waals surface area contributed by atoms with Crippen LogP contribution in [0.25, 0.3) is 0 Å². The van der Waals surface area contributed by atoms with E-state index in [4.69, 9.17) is 4.74 Å². The van der Waals surface area contributed by atoms with E-state index in [2.05, 4.69) is 20.7 Å². The summed E-state index contributed by atoms with van der Waals surface area (Å²) in [4.78, 5) is 11.3. The molecule has 3 nitrogen and oxygen atoms in total. The van der Waals surface area contributed by atoms with Gasteiger partial charge in [-0.1, -0.05) is 15.9 Å². The summed E-state index contributed by atoms with van der Waals surface area (Å²) < 4.78 is 22.9. The van der Waals surface area contributed by atoms with Gasteiger partial charge in [-0.2, -0.15) is 0 Å². The lowest BCUT2D eigenvalue weighted by Gasteiger charge is -2.09. The fraction of sp³-hybridized carbons (Fsp3) is 0.300. The molecule has 0 unspecified atom stereocenters. The van der Waals surface area contributed by atoms with Crippen LogP contribution < -0.4 is 4.74 Å². The molecule has 0 aliphatic heterocycles. The maximum absolute atomic E-state index is 13.4. The smallest absolute Gasteiger partial charge is 0.341 e. The molecule has 1 aromatic carbocycles. The molecular formula is C10H10BrFO3. The molecule has 15 heavy (non-hydrogen) atoms. The number of methoxy groups -OCH3 is 2. The number of ether oxygens (including phenoxy) is 2. The normalized spacial score (nSPS) is 9.87. The molecule has 0 fully saturated rings. The largest absolute Gasteiger partial charge is 0.496 e. The predicted octanol–water partition coefficient (Wildman–Crippen LogP) is 2.52. The molecule has 0 aliphatic carbocycles. The third kappa shape index (κ3) is 2.47. The number of alkyl halides is 1. The molecule has 0 amide bonds. The lowest BCUT2D eigenvalue weighted by molar-refractivity contribution is 0.0596. The average molecular weight is 277 g/mol. The summed E-state index contributed by atoms with van der Waals surface area (Å²) in [5.74, 6) is -0.780. The van der Waals surface area contributed by atoms with Crippen molar-refractivity contribution in [1.82, 2.24) is 0 Å². The SMILES string of the molecule is COC(=O)c1cc(F)c(CBr)cc1OC. The topological polar surface area (TPSA) is 35.5 Å². The van der Waals surface area contributed by atoms with Crippen LogP contribution in [0.4, 0.5) is 4.39 Å². The van der Waals surface area contributed by atoms with Gasteiger partial charge in [-0.3, -0.25) is 0 Å². The second kappa shape index (κ2) is 5.11. The van der Waals surface area contributed by atoms with E-state index >= 15 is 0 Å². The van der Waals surface area contributed by atoms with Gasteiger partial charge >= 0.3 is 5.97 Å². The second-order valence-electron chi connectivity index (χ2n) is 2.77. The molecular weight excluding hydrogens is 267 g/mol. The molecule has 0 radical (unpaired) electrons. The van der Waals surface area contributed by atoms with E-state index in [1.54, 1.807) is 0 Å². The van der Waals surface area contributed by atoms with Crippen molar-refractivity contribution in [3.05, 3.63) is 29.1 Å². The fourth-order valence-corrected chi connectivity index (χ4v) is 1.57. The van der Waals surface area contributed by atoms with E-state index in [1.165, 1.54) is 20.3 Å². The molecule has 0 N–H and O–H groups in total. The number of esters is 1. The van der Waals surface area contributed by atoms with Crippen molar-refractivity contribution in [2.75, 3.05) is 14.2 Å². The van der Waals surface area contributed by atoms with Crippen molar-refractivity contribution in [2.24, 2.45) is 0 Å². The number of benzene rings is 1. The summed E-state index contributed by atoms with van der Waals surface area (Å²) >= 11 is 3.14. The Balaban J connectivity index is 3.27. The molecule has 0 aliphatic rings. The lowest BCUT2D eigenvalue weighted by atomic mass is 10.1. The molecule has 0 aromatic heterocycles. The minimum Gasteiger partial charge on any atom is -0.496 e. The maximum Gasteiger partial charge on any atom is 0.341 e. The average Bonchev–Trinajstić information content (AvgIpc) is 2.27. The maximum atomic E-state index is 13.4. The Hall–Kier alpha value is -1.10. The van der Waals surface area contributed by atoms with Crippen LogP contribution in [-0.2, 0) is 10.1 Å². The van der Waals surface area contributed by atoms with Crippen molar-refractivity contribution in [3.63, 3.8) is 0 Å². The van der Waals surface area contributed by atoms with Crippen LogP contribution in [0, 0.1) is 5.82 Å². The predicted molar refractivity (Wildman–Crippen MR) is 56.9 cm³/mol. The van der Waals surface area contributed by atoms with Gasteiger partial charge in [-0.05, 0) is 12.1 Å². The molecule has 0 heterocycles. The zero-order valence-corrected chi connectivity index (χ0v) is 9.93. The van der Waals surface area contributed by atoms with Gasteiger partial charge in [-0.25, -0.2) is 9.18 Å². The number of hydrogen-bond acceptors (Lipinski definition) is 3. The third-order valence-electron chi connectivity index (χ3n) is 1.92. The van der Waals surface area contributed by atoms with Crippen molar-refractivity contribution in [1.29, 1.82) is 0 Å². The highest BCUT2D eigenvalue weighted by Crippen LogP contribution is 2.25. The van der Waals surface area contributed by atoms with E-state index in [1.807, 2.05) is 0 Å². The summed E-state index contributed by atoms with van der Waals surface area (Å²) in [5.41, 5.74) is 0.515. The number of halogens is 2. The summed E-state index contributed by atoms with van der Waals surface area (Å²) in [7, 11) is 2.65. The molecule has 82 valence electrons. The first kappa shape index (κ1) is 12.0. The zero-order valence-electron chi connectivity index (χ0n) is 8.34. The molecule has 0 saturated carbocycles.